The molecule has 25 heavy (non-hydrogen) atoms. The maximum atomic E-state index is 14.5. The molecule has 0 spiro atoms. The van der Waals surface area contributed by atoms with Gasteiger partial charge in [-0.3, -0.25) is 4.79 Å². The highest BCUT2D eigenvalue weighted by molar-refractivity contribution is 5.84. The fourth-order valence-corrected chi connectivity index (χ4v) is 4.53. The van der Waals surface area contributed by atoms with Crippen LogP contribution in [-0.4, -0.2) is 17.4 Å². The number of rotatable bonds is 3. The van der Waals surface area contributed by atoms with Gasteiger partial charge >= 0.3 is 0 Å². The van der Waals surface area contributed by atoms with Crippen LogP contribution in [0.25, 0.3) is 5.70 Å². The average molecular weight is 340 g/mol. The Morgan fingerprint density at radius 3 is 2.76 bits per heavy atom. The highest BCUT2D eigenvalue weighted by Gasteiger charge is 2.40. The zero-order valence-electron chi connectivity index (χ0n) is 14.9. The molecule has 2 heterocycles. The van der Waals surface area contributed by atoms with E-state index in [1.165, 1.54) is 17.2 Å². The Labute approximate surface area is 148 Å². The first kappa shape index (κ1) is 16.4. The van der Waals surface area contributed by atoms with Gasteiger partial charge in [0, 0.05) is 29.7 Å². The topological polar surface area (TPSA) is 32.3 Å². The average Bonchev–Trinajstić information content (AvgIpc) is 3.18. The summed E-state index contributed by atoms with van der Waals surface area (Å²) in [6.07, 6.45) is 6.29. The lowest BCUT2D eigenvalue weighted by Gasteiger charge is -2.28. The summed E-state index contributed by atoms with van der Waals surface area (Å²) in [5.74, 6) is 0.225. The molecule has 1 N–H and O–H groups in total. The van der Waals surface area contributed by atoms with E-state index in [-0.39, 0.29) is 17.8 Å². The van der Waals surface area contributed by atoms with Crippen molar-refractivity contribution >= 4 is 11.5 Å². The third kappa shape index (κ3) is 2.78. The lowest BCUT2D eigenvalue weighted by Crippen LogP contribution is -2.29. The maximum Gasteiger partial charge on any atom is 0.138 e. The van der Waals surface area contributed by atoms with Crippen molar-refractivity contribution < 1.29 is 9.18 Å². The van der Waals surface area contributed by atoms with Crippen molar-refractivity contribution in [2.75, 3.05) is 6.67 Å². The van der Waals surface area contributed by atoms with Crippen LogP contribution in [0, 0.1) is 11.7 Å². The van der Waals surface area contributed by atoms with Crippen LogP contribution in [0.2, 0.25) is 0 Å². The number of fused-ring (bicyclic) bond motifs is 3. The third-order valence-electron chi connectivity index (χ3n) is 5.99. The Kier molecular flexibility index (Phi) is 4.14. The summed E-state index contributed by atoms with van der Waals surface area (Å²) in [7, 11) is 0. The van der Waals surface area contributed by atoms with Crippen molar-refractivity contribution in [1.82, 2.24) is 10.2 Å². The van der Waals surface area contributed by atoms with Crippen molar-refractivity contribution in [1.29, 1.82) is 0 Å². The van der Waals surface area contributed by atoms with Gasteiger partial charge in [0.25, 0.3) is 0 Å². The second-order valence-corrected chi connectivity index (χ2v) is 7.63. The van der Waals surface area contributed by atoms with Gasteiger partial charge < -0.3 is 10.2 Å². The van der Waals surface area contributed by atoms with E-state index in [4.69, 9.17) is 0 Å². The van der Waals surface area contributed by atoms with Crippen molar-refractivity contribution in [3.05, 3.63) is 52.5 Å². The van der Waals surface area contributed by atoms with E-state index in [0.29, 0.717) is 24.4 Å². The summed E-state index contributed by atoms with van der Waals surface area (Å²) in [6, 6.07) is 5.04. The Hall–Kier alpha value is -2.10. The molecule has 0 saturated heterocycles. The van der Waals surface area contributed by atoms with Crippen LogP contribution < -0.4 is 5.32 Å². The van der Waals surface area contributed by atoms with Crippen LogP contribution in [0.3, 0.4) is 0 Å². The molecule has 1 atom stereocenters. The number of allylic oxidation sites excluding steroid dienone is 2. The number of benzene rings is 1. The predicted molar refractivity (Wildman–Crippen MR) is 96.9 cm³/mol. The Bertz CT molecular complexity index is 766. The molecule has 4 rings (SSSR count). The molecule has 3 nitrogen and oxygen atoms in total. The quantitative estimate of drug-likeness (QED) is 0.821. The normalized spacial score (nSPS) is 24.5. The highest BCUT2D eigenvalue weighted by Crippen LogP contribution is 2.46. The first-order chi connectivity index (χ1) is 12.1. The van der Waals surface area contributed by atoms with E-state index in [2.05, 4.69) is 24.1 Å². The van der Waals surface area contributed by atoms with E-state index in [9.17, 15) is 9.18 Å². The first-order valence-corrected chi connectivity index (χ1v) is 9.23. The van der Waals surface area contributed by atoms with Crippen molar-refractivity contribution in [2.24, 2.45) is 5.92 Å². The SMILES string of the molecule is CC(C)=C1CCC(C(=O)CC2c3c(F)cccc3C3=CNCN32)CC1. The fraction of sp³-hybridized carbons (Fsp3) is 0.476. The number of Topliss-reactive ketones (excluding diaryl/α,β-unsaturated/α-hetero) is 1. The van der Waals surface area contributed by atoms with E-state index in [0.717, 1.165) is 36.9 Å². The number of nitrogens with one attached hydrogen (secondary N) is 1. The van der Waals surface area contributed by atoms with E-state index >= 15 is 0 Å². The minimum absolute atomic E-state index is 0.127. The molecule has 1 aromatic rings. The molecular formula is C21H25FN2O. The van der Waals surface area contributed by atoms with E-state index < -0.39 is 0 Å². The lowest BCUT2D eigenvalue weighted by atomic mass is 9.80. The molecule has 0 aromatic heterocycles. The Morgan fingerprint density at radius 2 is 2.04 bits per heavy atom. The number of hydrogen-bond donors (Lipinski definition) is 1. The zero-order chi connectivity index (χ0) is 17.6. The number of halogens is 1. The van der Waals surface area contributed by atoms with Crippen LogP contribution >= 0.6 is 0 Å². The van der Waals surface area contributed by atoms with Gasteiger partial charge in [-0.25, -0.2) is 4.39 Å². The second-order valence-electron chi connectivity index (χ2n) is 7.63. The molecule has 1 saturated carbocycles. The van der Waals surface area contributed by atoms with Crippen LogP contribution in [-0.2, 0) is 4.79 Å². The molecule has 3 aliphatic rings. The molecule has 1 unspecified atom stereocenters. The van der Waals surface area contributed by atoms with Crippen molar-refractivity contribution in [3.63, 3.8) is 0 Å². The number of nitrogens with zero attached hydrogens (tertiary/aromatic N) is 1. The summed E-state index contributed by atoms with van der Waals surface area (Å²) in [5, 5.41) is 3.21. The molecule has 132 valence electrons. The molecule has 1 aliphatic carbocycles. The van der Waals surface area contributed by atoms with Gasteiger partial charge in [0.2, 0.25) is 0 Å². The molecule has 2 aliphatic heterocycles. The van der Waals surface area contributed by atoms with Gasteiger partial charge in [-0.15, -0.1) is 0 Å². The van der Waals surface area contributed by atoms with Gasteiger partial charge in [-0.2, -0.15) is 0 Å². The fourth-order valence-electron chi connectivity index (χ4n) is 4.53. The summed E-state index contributed by atoms with van der Waals surface area (Å²) >= 11 is 0. The Morgan fingerprint density at radius 1 is 1.28 bits per heavy atom. The number of carbonyl (C=O) groups is 1. The molecule has 0 amide bonds. The van der Waals surface area contributed by atoms with E-state index in [1.54, 1.807) is 6.07 Å². The molecule has 0 radical (unpaired) electrons. The predicted octanol–water partition coefficient (Wildman–Crippen LogP) is 4.53. The van der Waals surface area contributed by atoms with Gasteiger partial charge in [0.1, 0.15) is 11.6 Å². The summed E-state index contributed by atoms with van der Waals surface area (Å²) in [6.45, 7) is 4.96. The van der Waals surface area contributed by atoms with Gasteiger partial charge in [-0.05, 0) is 45.6 Å². The number of carbonyl (C=O) groups excluding carboxylic acids is 1. The summed E-state index contributed by atoms with van der Waals surface area (Å²) in [4.78, 5) is 15.1. The van der Waals surface area contributed by atoms with Crippen LogP contribution in [0.15, 0.2) is 35.5 Å². The molecule has 0 bridgehead atoms. The highest BCUT2D eigenvalue weighted by atomic mass is 19.1. The summed E-state index contributed by atoms with van der Waals surface area (Å²) in [5.41, 5.74) is 5.55. The van der Waals surface area contributed by atoms with Gasteiger partial charge in [0.15, 0.2) is 0 Å². The van der Waals surface area contributed by atoms with Gasteiger partial charge in [0.05, 0.1) is 18.4 Å². The van der Waals surface area contributed by atoms with Crippen molar-refractivity contribution in [3.8, 4) is 0 Å². The lowest BCUT2D eigenvalue weighted by molar-refractivity contribution is -0.124. The number of hydrogen-bond acceptors (Lipinski definition) is 3. The first-order valence-electron chi connectivity index (χ1n) is 9.23. The summed E-state index contributed by atoms with van der Waals surface area (Å²) < 4.78 is 14.5. The molecular weight excluding hydrogens is 315 g/mol. The molecule has 4 heteroatoms. The smallest absolute Gasteiger partial charge is 0.138 e. The van der Waals surface area contributed by atoms with Gasteiger partial charge in [-0.1, -0.05) is 23.3 Å². The second kappa shape index (κ2) is 6.32. The monoisotopic (exact) mass is 340 g/mol. The number of ketones is 1. The van der Waals surface area contributed by atoms with E-state index in [1.807, 2.05) is 12.3 Å². The molecule has 1 fully saturated rings. The van der Waals surface area contributed by atoms with Crippen LogP contribution in [0.5, 0.6) is 0 Å². The maximum absolute atomic E-state index is 14.5. The minimum atomic E-state index is -0.193. The standard InChI is InChI=1S/C21H25FN2O/c1-13(2)14-6-8-15(9-7-14)20(25)10-18-21-16(4-3-5-17(21)22)19-11-23-12-24(18)19/h3-5,11,15,18,23H,6-10,12H2,1-2H3. The third-order valence-corrected chi connectivity index (χ3v) is 5.99. The minimum Gasteiger partial charge on any atom is -0.372 e. The van der Waals surface area contributed by atoms with Crippen molar-refractivity contribution in [2.45, 2.75) is 52.0 Å². The van der Waals surface area contributed by atoms with Crippen LogP contribution in [0.4, 0.5) is 4.39 Å². The Balaban J connectivity index is 1.53. The largest absolute Gasteiger partial charge is 0.372 e. The van der Waals surface area contributed by atoms with Crippen LogP contribution in [0.1, 0.15) is 63.1 Å². The zero-order valence-corrected chi connectivity index (χ0v) is 14.9. The molecule has 1 aromatic carbocycles.